The van der Waals surface area contributed by atoms with Crippen molar-refractivity contribution in [2.75, 3.05) is 79.7 Å². The van der Waals surface area contributed by atoms with Crippen LogP contribution >= 0.6 is 84.7 Å². The summed E-state index contributed by atoms with van der Waals surface area (Å²) in [6, 6.07) is 77.7. The van der Waals surface area contributed by atoms with Crippen LogP contribution in [0, 0.1) is 13.8 Å². The van der Waals surface area contributed by atoms with E-state index in [1.807, 2.05) is 163 Å². The number of thiazole rings is 2. The van der Waals surface area contributed by atoms with Crippen LogP contribution in [0.3, 0.4) is 0 Å². The molecule has 0 atom stereocenters. The number of ether oxygens (including phenoxy) is 2. The fourth-order valence-corrected chi connectivity index (χ4v) is 16.7. The number of alkyl halides is 2. The number of Topliss-reactive ketones (excluding diaryl/α,β-unsaturated/α-hetero) is 1. The van der Waals surface area contributed by atoms with Gasteiger partial charge in [-0.3, -0.25) is 24.2 Å². The first-order chi connectivity index (χ1) is 60.3. The highest BCUT2D eigenvalue weighted by molar-refractivity contribution is 14.1. The summed E-state index contributed by atoms with van der Waals surface area (Å²) in [5.74, 6) is -2.24. The number of methoxy groups -OCH3 is 1. The van der Waals surface area contributed by atoms with E-state index in [9.17, 15) is 29.1 Å². The van der Waals surface area contributed by atoms with E-state index in [0.717, 1.165) is 86.0 Å². The topological polar surface area (TPSA) is 263 Å². The SMILES string of the molecule is CC(C)(C)OC(=O)NOCCN.CCN(CC)CC.CI.COCCCC(=O)CN1/C(=C\c2cc[n+](C)c3ccccc23)Sc2ccccc21.C[n+]1ccc(/C=C2/Sc3ccccc3N2CC(=O)O)c2ccccc21.C[n+]1cccc2ccccc21.Cc1nc2ccccc2s1.Cc1sc2ccccc2[n+]1CC(=O)O.O=C(O)CBr.c1ccc2ncccc2c1. The summed E-state index contributed by atoms with van der Waals surface area (Å²) in [4.78, 5) is 78.5. The Hall–Kier alpha value is -10.6. The highest BCUT2D eigenvalue weighted by Crippen LogP contribution is 2.48. The first kappa shape index (κ1) is 101. The number of fused-ring (bicyclic) bond motifs is 8. The van der Waals surface area contributed by atoms with Gasteiger partial charge < -0.3 is 45.2 Å². The van der Waals surface area contributed by atoms with Gasteiger partial charge in [0.25, 0.3) is 0 Å². The zero-order chi connectivity index (χ0) is 90.8. The molecular formula is C97H113BrIN11O11S4+4. The number of carbonyl (C=O) groups excluding carboxylic acids is 2. The van der Waals surface area contributed by atoms with Crippen LogP contribution in [0.5, 0.6) is 0 Å². The lowest BCUT2D eigenvalue weighted by Crippen LogP contribution is -2.38. The Morgan fingerprint density at radius 3 is 1.53 bits per heavy atom. The summed E-state index contributed by atoms with van der Waals surface area (Å²) in [5.41, 5.74) is 17.8. The van der Waals surface area contributed by atoms with Gasteiger partial charge in [-0.05, 0) is 161 Å². The molecule has 28 heteroatoms. The number of hydrogen-bond acceptors (Lipinski definition) is 18. The number of halogens is 2. The van der Waals surface area contributed by atoms with Gasteiger partial charge in [0, 0.05) is 103 Å². The molecule has 22 nitrogen and oxygen atoms in total. The second-order valence-corrected chi connectivity index (χ2v) is 33.8. The molecule has 8 aromatic carbocycles. The molecule has 6 N–H and O–H groups in total. The average molecular weight is 1940 g/mol. The molecule has 656 valence electrons. The number of amides is 1. The molecule has 0 radical (unpaired) electrons. The smallest absolute Gasteiger partial charge is 0.431 e. The Kier molecular flexibility index (Phi) is 43.5. The fraction of sp³-hybridized carbons (Fsp3) is 0.268. The number of nitrogens with one attached hydrogen (secondary N) is 1. The molecule has 0 saturated carbocycles. The molecule has 6 aromatic heterocycles. The second-order valence-electron chi connectivity index (χ2n) is 28.6. The van der Waals surface area contributed by atoms with Crippen molar-refractivity contribution in [2.24, 2.45) is 26.9 Å². The number of pyridine rings is 4. The fourth-order valence-electron chi connectivity index (χ4n) is 12.7. The molecule has 0 fully saturated rings. The van der Waals surface area contributed by atoms with Crippen LogP contribution in [0.4, 0.5) is 16.2 Å². The van der Waals surface area contributed by atoms with Crippen molar-refractivity contribution in [3.8, 4) is 0 Å². The number of nitrogens with two attached hydrogens (primary N) is 1. The van der Waals surface area contributed by atoms with Gasteiger partial charge in [0.1, 0.15) is 43.3 Å². The third-order valence-corrected chi connectivity index (χ3v) is 23.3. The molecule has 8 heterocycles. The molecule has 0 spiro atoms. The maximum Gasteiger partial charge on any atom is 0.431 e. The first-order valence-electron chi connectivity index (χ1n) is 40.5. The number of benzene rings is 8. The van der Waals surface area contributed by atoms with Crippen molar-refractivity contribution in [3.63, 3.8) is 0 Å². The Bertz CT molecular complexity index is 5780. The highest BCUT2D eigenvalue weighted by Gasteiger charge is 2.29. The van der Waals surface area contributed by atoms with E-state index in [4.69, 9.17) is 25.4 Å². The van der Waals surface area contributed by atoms with E-state index >= 15 is 0 Å². The minimum atomic E-state index is -0.840. The van der Waals surface area contributed by atoms with Gasteiger partial charge in [-0.1, -0.05) is 203 Å². The Morgan fingerprint density at radius 1 is 0.552 bits per heavy atom. The molecule has 0 saturated heterocycles. The number of carbonyl (C=O) groups is 5. The van der Waals surface area contributed by atoms with Crippen LogP contribution in [0.2, 0.25) is 0 Å². The number of carboxylic acids is 3. The summed E-state index contributed by atoms with van der Waals surface area (Å²) in [7, 11) is 7.81. The Balaban J connectivity index is 0.000000202. The van der Waals surface area contributed by atoms with Crippen molar-refractivity contribution in [1.29, 1.82) is 0 Å². The minimum Gasteiger partial charge on any atom is -0.481 e. The maximum absolute atomic E-state index is 12.6. The zero-order valence-electron chi connectivity index (χ0n) is 73.0. The number of hydrogen-bond donors (Lipinski definition) is 5. The van der Waals surface area contributed by atoms with E-state index in [0.29, 0.717) is 26.1 Å². The van der Waals surface area contributed by atoms with Crippen molar-refractivity contribution >= 4 is 202 Å². The highest BCUT2D eigenvalue weighted by atomic mass is 127. The van der Waals surface area contributed by atoms with Crippen LogP contribution in [-0.4, -0.2) is 135 Å². The van der Waals surface area contributed by atoms with Gasteiger partial charge in [0.2, 0.25) is 33.6 Å². The van der Waals surface area contributed by atoms with Crippen molar-refractivity contribution in [1.82, 2.24) is 20.3 Å². The molecule has 0 aliphatic carbocycles. The van der Waals surface area contributed by atoms with Crippen LogP contribution in [0.15, 0.2) is 275 Å². The second kappa shape index (κ2) is 53.6. The van der Waals surface area contributed by atoms with E-state index in [1.165, 1.54) is 56.4 Å². The summed E-state index contributed by atoms with van der Waals surface area (Å²) < 4.78 is 20.5. The van der Waals surface area contributed by atoms with Gasteiger partial charge >= 0.3 is 24.0 Å². The maximum atomic E-state index is 12.6. The van der Waals surface area contributed by atoms with Gasteiger partial charge in [0.05, 0.1) is 66.1 Å². The molecule has 14 aromatic rings. The van der Waals surface area contributed by atoms with Gasteiger partial charge in [-0.2, -0.15) is 10.0 Å². The molecule has 2 aliphatic rings. The van der Waals surface area contributed by atoms with Crippen molar-refractivity contribution in [2.45, 2.75) is 90.2 Å². The number of para-hydroxylation sites is 8. The standard InChI is InChI=1S/C24H25N2O2S.C20H16N2O2S.C10H9NO2S.C10H10N.C9H7N.C8H7NS.C7H16N2O3.C6H15N.C2H3BrO2.CH3I/c1-25-14-13-18(20-9-3-4-10-21(20)25)16-24-26(17-19(27)8-7-15-28-2)22-11-5-6-12-23(22)29-24;1-21-11-10-14(15-6-2-3-7-16(15)21)12-19-22(13-20(23)24)17-8-4-5-9-18(17)25-19;1-7-11(6-10(12)13)8-4-2-3-5-9(8)14-7;1-11-8-4-6-9-5-2-3-7-10(9)11;1-2-6-9-8(4-1)5-3-7-10-9;1-6-9-7-4-2-3-5-8(7)10-6;1-7(2,3)12-6(10)9-11-5-4-8;1-4-7(5-2)6-3;3-1-2(4)5;1-2/h3-6,9-14,16H,7-8,15,17H2,1-2H3;2-12H,13H2,1H3;2-5H,6H2,1H3;2-8H,1H3;1-7H;2-5H,1H3;4-5,8H2,1-3H3,(H,9,10);4-6H2,1-3H3;1H2,(H,4,5);1H3/q+1;;;+1;;;;;;/p+2. The van der Waals surface area contributed by atoms with E-state index in [2.05, 4.69) is 257 Å². The molecule has 2 aliphatic heterocycles. The molecule has 125 heavy (non-hydrogen) atoms. The predicted molar refractivity (Wildman–Crippen MR) is 524 cm³/mol. The van der Waals surface area contributed by atoms with Crippen LogP contribution in [0.25, 0.3) is 76.2 Å². The van der Waals surface area contributed by atoms with Crippen LogP contribution in [0.1, 0.15) is 75.5 Å². The Labute approximate surface area is 771 Å². The number of thioether (sulfide) groups is 2. The lowest BCUT2D eigenvalue weighted by atomic mass is 10.1. The lowest BCUT2D eigenvalue weighted by molar-refractivity contribution is -0.661. The number of aryl methyl sites for hydroxylation is 5. The molecule has 0 bridgehead atoms. The van der Waals surface area contributed by atoms with Crippen LogP contribution in [-0.2, 0) is 61.2 Å². The molecule has 16 rings (SSSR count). The number of ketones is 1. The number of nitrogens with zero attached hydrogens (tertiary/aromatic N) is 9. The number of anilines is 2. The zero-order valence-corrected chi connectivity index (χ0v) is 80.0. The normalized spacial score (nSPS) is 12.1. The molecule has 0 unspecified atom stereocenters. The third kappa shape index (κ3) is 32.7. The average Bonchev–Trinajstić information content (AvgIpc) is 1.66. The van der Waals surface area contributed by atoms with E-state index in [-0.39, 0.29) is 30.8 Å². The monoisotopic (exact) mass is 1940 g/mol. The summed E-state index contributed by atoms with van der Waals surface area (Å²) in [6.07, 6.45) is 13.0. The van der Waals surface area contributed by atoms with Gasteiger partial charge in [-0.25, -0.2) is 28.3 Å². The van der Waals surface area contributed by atoms with Crippen LogP contribution < -0.4 is 39.3 Å². The summed E-state index contributed by atoms with van der Waals surface area (Å²) in [5, 5.41) is 34.8. The lowest BCUT2D eigenvalue weighted by Gasteiger charge is -2.20. The third-order valence-electron chi connectivity index (χ3n) is 18.5. The molecule has 1 amide bonds. The number of aliphatic carboxylic acids is 3. The van der Waals surface area contributed by atoms with E-state index < -0.39 is 29.6 Å². The van der Waals surface area contributed by atoms with Gasteiger partial charge in [-0.15, -0.1) is 11.3 Å². The largest absolute Gasteiger partial charge is 0.481 e. The number of carboxylic acid groups (broad SMARTS) is 3. The first-order valence-corrected chi connectivity index (χ1v) is 47.0. The summed E-state index contributed by atoms with van der Waals surface area (Å²) >= 11 is 11.6. The Morgan fingerprint density at radius 2 is 1.02 bits per heavy atom. The van der Waals surface area contributed by atoms with E-state index in [1.54, 1.807) is 74.1 Å². The number of hydroxylamine groups is 1. The minimum absolute atomic E-state index is 0.0347. The van der Waals surface area contributed by atoms with Gasteiger partial charge in [0.15, 0.2) is 24.4 Å². The quantitative estimate of drug-likeness (QED) is 0.0166. The summed E-state index contributed by atoms with van der Waals surface area (Å²) in [6.45, 7) is 21.0. The predicted octanol–water partition coefficient (Wildman–Crippen LogP) is 19.6. The molecular weight excluding hydrogens is 1830 g/mol. The number of rotatable bonds is 19. The van der Waals surface area contributed by atoms with Crippen molar-refractivity contribution in [3.05, 3.63) is 287 Å². The number of aromatic nitrogens is 6. The van der Waals surface area contributed by atoms with Crippen molar-refractivity contribution < 1.29 is 71.9 Å².